The molecule has 0 atom stereocenters. The summed E-state index contributed by atoms with van der Waals surface area (Å²) >= 11 is 0. The maximum absolute atomic E-state index is 5.20. The van der Waals surface area contributed by atoms with Crippen LogP contribution < -0.4 is 0 Å². The van der Waals surface area contributed by atoms with E-state index in [4.69, 9.17) is 9.97 Å². The zero-order valence-electron chi connectivity index (χ0n) is 28.5. The van der Waals surface area contributed by atoms with Crippen molar-refractivity contribution in [1.82, 2.24) is 9.97 Å². The van der Waals surface area contributed by atoms with E-state index in [2.05, 4.69) is 185 Å². The molecule has 0 aliphatic heterocycles. The van der Waals surface area contributed by atoms with Gasteiger partial charge in [0.05, 0.1) is 22.4 Å². The SMILES string of the molecule is Cc1ccc2ccc3ccc(-c4ccc(C(C)(c5ccccc5)c5ccc(-c6ccc7ccc8ccc(C)cc8c7n6)cc5)cc4)nc3c2c1. The summed E-state index contributed by atoms with van der Waals surface area (Å²) in [6, 6.07) is 59.3. The van der Waals surface area contributed by atoms with Gasteiger partial charge in [-0.05, 0) is 72.5 Å². The predicted octanol–water partition coefficient (Wildman–Crippen LogP) is 12.4. The summed E-state index contributed by atoms with van der Waals surface area (Å²) in [6.45, 7) is 6.61. The van der Waals surface area contributed by atoms with E-state index in [1.54, 1.807) is 0 Å². The van der Waals surface area contributed by atoms with Gasteiger partial charge in [0.2, 0.25) is 0 Å². The van der Waals surface area contributed by atoms with Crippen molar-refractivity contribution in [2.45, 2.75) is 26.2 Å². The van der Waals surface area contributed by atoms with Crippen LogP contribution in [0.1, 0.15) is 34.7 Å². The largest absolute Gasteiger partial charge is 0.247 e. The van der Waals surface area contributed by atoms with Crippen molar-refractivity contribution in [3.63, 3.8) is 0 Å². The fraction of sp³-hybridized carbons (Fsp3) is 0.0833. The van der Waals surface area contributed by atoms with Gasteiger partial charge in [0.15, 0.2) is 0 Å². The van der Waals surface area contributed by atoms with Crippen LogP contribution in [0.25, 0.3) is 65.9 Å². The van der Waals surface area contributed by atoms with E-state index in [-0.39, 0.29) is 5.41 Å². The number of aryl methyl sites for hydroxylation is 2. The molecule has 238 valence electrons. The molecule has 0 spiro atoms. The molecule has 0 aliphatic rings. The molecular weight excluding hydrogens is 605 g/mol. The van der Waals surface area contributed by atoms with Crippen LogP contribution in [-0.4, -0.2) is 9.97 Å². The number of rotatable bonds is 5. The van der Waals surface area contributed by atoms with Crippen LogP contribution in [-0.2, 0) is 5.41 Å². The molecule has 2 heteroatoms. The molecule has 0 bridgehead atoms. The smallest absolute Gasteiger partial charge is 0.0787 e. The van der Waals surface area contributed by atoms with E-state index in [0.717, 1.165) is 44.3 Å². The molecule has 0 unspecified atom stereocenters. The molecular formula is C48H36N2. The highest BCUT2D eigenvalue weighted by Gasteiger charge is 2.31. The Morgan fingerprint density at radius 2 is 0.760 bits per heavy atom. The third-order valence-corrected chi connectivity index (χ3v) is 10.5. The van der Waals surface area contributed by atoms with E-state index in [9.17, 15) is 0 Å². The van der Waals surface area contributed by atoms with Gasteiger partial charge in [0, 0.05) is 38.1 Å². The minimum Gasteiger partial charge on any atom is -0.247 e. The Bertz CT molecular complexity index is 2540. The van der Waals surface area contributed by atoms with Crippen LogP contribution in [0.3, 0.4) is 0 Å². The van der Waals surface area contributed by atoms with Crippen LogP contribution in [0.2, 0.25) is 0 Å². The van der Waals surface area contributed by atoms with E-state index in [1.807, 2.05) is 0 Å². The summed E-state index contributed by atoms with van der Waals surface area (Å²) in [4.78, 5) is 10.4. The van der Waals surface area contributed by atoms with Gasteiger partial charge in [-0.3, -0.25) is 0 Å². The Balaban J connectivity index is 1.10. The Hall–Kier alpha value is -6.12. The number of nitrogens with zero attached hydrogens (tertiary/aromatic N) is 2. The van der Waals surface area contributed by atoms with Gasteiger partial charge in [-0.15, -0.1) is 0 Å². The maximum Gasteiger partial charge on any atom is 0.0787 e. The van der Waals surface area contributed by atoms with Gasteiger partial charge < -0.3 is 0 Å². The first-order valence-corrected chi connectivity index (χ1v) is 17.3. The highest BCUT2D eigenvalue weighted by atomic mass is 14.7. The fourth-order valence-corrected chi connectivity index (χ4v) is 7.58. The van der Waals surface area contributed by atoms with E-state index in [1.165, 1.54) is 49.4 Å². The second-order valence-electron chi connectivity index (χ2n) is 13.8. The van der Waals surface area contributed by atoms with Gasteiger partial charge in [0.1, 0.15) is 0 Å². The first-order chi connectivity index (χ1) is 24.4. The van der Waals surface area contributed by atoms with Crippen LogP contribution >= 0.6 is 0 Å². The van der Waals surface area contributed by atoms with Crippen molar-refractivity contribution in [3.05, 3.63) is 192 Å². The van der Waals surface area contributed by atoms with Gasteiger partial charge >= 0.3 is 0 Å². The lowest BCUT2D eigenvalue weighted by atomic mass is 9.71. The monoisotopic (exact) mass is 640 g/mol. The molecule has 0 amide bonds. The number of pyridine rings is 2. The topological polar surface area (TPSA) is 25.8 Å². The number of aromatic nitrogens is 2. The molecule has 0 saturated heterocycles. The van der Waals surface area contributed by atoms with Crippen molar-refractivity contribution in [1.29, 1.82) is 0 Å². The number of fused-ring (bicyclic) bond motifs is 6. The van der Waals surface area contributed by atoms with Gasteiger partial charge in [-0.1, -0.05) is 151 Å². The normalized spacial score (nSPS) is 11.9. The predicted molar refractivity (Wildman–Crippen MR) is 211 cm³/mol. The summed E-state index contributed by atoms with van der Waals surface area (Å²) in [5.41, 5.74) is 12.1. The summed E-state index contributed by atoms with van der Waals surface area (Å²) in [6.07, 6.45) is 0. The van der Waals surface area contributed by atoms with Crippen molar-refractivity contribution in [3.8, 4) is 22.5 Å². The molecule has 7 aromatic carbocycles. The summed E-state index contributed by atoms with van der Waals surface area (Å²) in [5.74, 6) is 0. The van der Waals surface area contributed by atoms with Crippen LogP contribution in [0, 0.1) is 13.8 Å². The van der Waals surface area contributed by atoms with Crippen molar-refractivity contribution < 1.29 is 0 Å². The molecule has 0 saturated carbocycles. The van der Waals surface area contributed by atoms with Crippen LogP contribution in [0.5, 0.6) is 0 Å². The average Bonchev–Trinajstić information content (AvgIpc) is 3.17. The lowest BCUT2D eigenvalue weighted by Crippen LogP contribution is -2.25. The molecule has 9 rings (SSSR count). The van der Waals surface area contributed by atoms with Gasteiger partial charge in [-0.25, -0.2) is 9.97 Å². The molecule has 9 aromatic rings. The molecule has 50 heavy (non-hydrogen) atoms. The lowest BCUT2D eigenvalue weighted by molar-refractivity contribution is 0.693. The van der Waals surface area contributed by atoms with Crippen molar-refractivity contribution >= 4 is 43.4 Å². The zero-order chi connectivity index (χ0) is 33.8. The van der Waals surface area contributed by atoms with Crippen molar-refractivity contribution in [2.24, 2.45) is 0 Å². The molecule has 2 nitrogen and oxygen atoms in total. The van der Waals surface area contributed by atoms with E-state index < -0.39 is 0 Å². The standard InChI is InChI=1S/C48H36N2/c1-31-9-11-33-13-15-37-21-27-44(49-46(37)42(33)29-31)35-17-23-40(24-18-35)48(3,39-7-5-4-6-8-39)41-25-19-36(20-26-41)45-28-22-38-16-14-34-12-10-32(2)30-43(34)47(38)50-45/h4-30H,1-3H3. The summed E-state index contributed by atoms with van der Waals surface area (Å²) in [5, 5.41) is 7.14. The molecule has 0 N–H and O–H groups in total. The number of benzene rings is 7. The first-order valence-electron chi connectivity index (χ1n) is 17.3. The molecule has 2 heterocycles. The summed E-state index contributed by atoms with van der Waals surface area (Å²) in [7, 11) is 0. The van der Waals surface area contributed by atoms with Crippen molar-refractivity contribution in [2.75, 3.05) is 0 Å². The summed E-state index contributed by atoms with van der Waals surface area (Å²) < 4.78 is 0. The Kier molecular flexibility index (Phi) is 7.07. The first kappa shape index (κ1) is 30.0. The number of hydrogen-bond donors (Lipinski definition) is 0. The Morgan fingerprint density at radius 3 is 1.22 bits per heavy atom. The maximum atomic E-state index is 5.20. The van der Waals surface area contributed by atoms with Crippen LogP contribution in [0.15, 0.2) is 164 Å². The third-order valence-electron chi connectivity index (χ3n) is 10.5. The minimum atomic E-state index is -0.368. The quantitative estimate of drug-likeness (QED) is 0.138. The molecule has 0 radical (unpaired) electrons. The highest BCUT2D eigenvalue weighted by Crippen LogP contribution is 2.40. The lowest BCUT2D eigenvalue weighted by Gasteiger charge is -2.32. The van der Waals surface area contributed by atoms with Crippen LogP contribution in [0.4, 0.5) is 0 Å². The highest BCUT2D eigenvalue weighted by molar-refractivity contribution is 6.07. The minimum absolute atomic E-state index is 0.368. The second-order valence-corrected chi connectivity index (χ2v) is 13.8. The van der Waals surface area contributed by atoms with E-state index >= 15 is 0 Å². The second kappa shape index (κ2) is 11.8. The van der Waals surface area contributed by atoms with Gasteiger partial charge in [-0.2, -0.15) is 0 Å². The third kappa shape index (κ3) is 5.04. The van der Waals surface area contributed by atoms with Gasteiger partial charge in [0.25, 0.3) is 0 Å². The number of hydrogen-bond acceptors (Lipinski definition) is 2. The zero-order valence-corrected chi connectivity index (χ0v) is 28.5. The Labute approximate surface area is 292 Å². The molecule has 2 aromatic heterocycles. The fourth-order valence-electron chi connectivity index (χ4n) is 7.58. The Morgan fingerprint density at radius 1 is 0.380 bits per heavy atom. The van der Waals surface area contributed by atoms with E-state index in [0.29, 0.717) is 0 Å². The average molecular weight is 641 g/mol. The molecule has 0 aliphatic carbocycles. The molecule has 0 fully saturated rings.